The summed E-state index contributed by atoms with van der Waals surface area (Å²) in [6.07, 6.45) is 1.07. The fraction of sp³-hybridized carbons (Fsp3) is 0.625. The van der Waals surface area contributed by atoms with Gasteiger partial charge >= 0.3 is 0 Å². The Morgan fingerprint density at radius 1 is 1.19 bits per heavy atom. The number of benzene rings is 1. The van der Waals surface area contributed by atoms with Crippen molar-refractivity contribution >= 4 is 5.69 Å². The van der Waals surface area contributed by atoms with Gasteiger partial charge in [0.05, 0.1) is 27.0 Å². The van der Waals surface area contributed by atoms with E-state index in [1.807, 2.05) is 0 Å². The lowest BCUT2D eigenvalue weighted by molar-refractivity contribution is 0.322. The van der Waals surface area contributed by atoms with Gasteiger partial charge in [0.15, 0.2) is 11.5 Å². The number of nitrogens with zero attached hydrogens (tertiary/aromatic N) is 1. The van der Waals surface area contributed by atoms with Gasteiger partial charge in [-0.1, -0.05) is 6.92 Å². The van der Waals surface area contributed by atoms with Crippen molar-refractivity contribution in [1.82, 2.24) is 4.90 Å². The minimum atomic E-state index is 0. The molecule has 0 saturated carbocycles. The van der Waals surface area contributed by atoms with E-state index in [-0.39, 0.29) is 8.27 Å². The van der Waals surface area contributed by atoms with Crippen LogP contribution < -0.4 is 19.5 Å². The number of fused-ring (bicyclic) bond motifs is 1. The van der Waals surface area contributed by atoms with Gasteiger partial charge in [0, 0.05) is 14.8 Å². The van der Waals surface area contributed by atoms with Crippen molar-refractivity contribution in [2.24, 2.45) is 0 Å². The summed E-state index contributed by atoms with van der Waals surface area (Å²) in [5.74, 6) is 2.08. The Bertz CT molecular complexity index is 527. The molecule has 0 fully saturated rings. The normalized spacial score (nSPS) is 20.1. The van der Waals surface area contributed by atoms with Gasteiger partial charge in [-0.2, -0.15) is 0 Å². The molecule has 0 aromatic heterocycles. The van der Waals surface area contributed by atoms with E-state index >= 15 is 0 Å². The second-order valence-corrected chi connectivity index (χ2v) is 6.04. The molecule has 122 valence electrons. The molecular formula is C16H30N2O3. The predicted octanol–water partition coefficient (Wildman–Crippen LogP) is 2.84. The first-order valence-electron chi connectivity index (χ1n) is 7.19. The Morgan fingerprint density at radius 2 is 1.86 bits per heavy atom. The molecule has 5 heteroatoms. The van der Waals surface area contributed by atoms with Crippen molar-refractivity contribution in [3.05, 3.63) is 11.6 Å². The molecule has 1 aliphatic rings. The van der Waals surface area contributed by atoms with Crippen molar-refractivity contribution in [3.63, 3.8) is 0 Å². The summed E-state index contributed by atoms with van der Waals surface area (Å²) < 4.78 is 16.5. The molecule has 1 aromatic rings. The largest absolute Gasteiger partial charge is 0.493 e. The van der Waals surface area contributed by atoms with E-state index in [1.165, 1.54) is 5.56 Å². The molecule has 1 unspecified atom stereocenters. The molecule has 0 amide bonds. The van der Waals surface area contributed by atoms with Crippen LogP contribution in [0.4, 0.5) is 5.69 Å². The zero-order valence-corrected chi connectivity index (χ0v) is 13.9. The molecule has 21 heavy (non-hydrogen) atoms. The number of rotatable bonds is 6. The zero-order valence-electron chi connectivity index (χ0n) is 13.9. The molecular weight excluding hydrogens is 268 g/mol. The molecule has 1 atom stereocenters. The SMILES string of the molecule is COc1cc2c(c(OC)c1OC)NCC2(C)CCN(C)C.[HH].[HH]. The lowest BCUT2D eigenvalue weighted by Crippen LogP contribution is -2.29. The van der Waals surface area contributed by atoms with Crippen LogP contribution in [0.1, 0.15) is 21.8 Å². The summed E-state index contributed by atoms with van der Waals surface area (Å²) in [6.45, 7) is 4.21. The molecule has 1 aromatic carbocycles. The van der Waals surface area contributed by atoms with Gasteiger partial charge in [0.2, 0.25) is 5.75 Å². The molecule has 0 saturated heterocycles. The smallest absolute Gasteiger partial charge is 0.205 e. The summed E-state index contributed by atoms with van der Waals surface area (Å²) >= 11 is 0. The lowest BCUT2D eigenvalue weighted by atomic mass is 9.81. The zero-order chi connectivity index (χ0) is 15.6. The highest BCUT2D eigenvalue weighted by Crippen LogP contribution is 2.52. The highest BCUT2D eigenvalue weighted by molar-refractivity contribution is 5.76. The number of methoxy groups -OCH3 is 3. The van der Waals surface area contributed by atoms with Crippen molar-refractivity contribution in [2.75, 3.05) is 53.8 Å². The van der Waals surface area contributed by atoms with Gasteiger partial charge in [0.1, 0.15) is 0 Å². The number of nitrogens with one attached hydrogen (secondary N) is 1. The van der Waals surface area contributed by atoms with Gasteiger partial charge in [-0.25, -0.2) is 0 Å². The topological polar surface area (TPSA) is 43.0 Å². The monoisotopic (exact) mass is 298 g/mol. The van der Waals surface area contributed by atoms with Crippen LogP contribution in [0.3, 0.4) is 0 Å². The highest BCUT2D eigenvalue weighted by Gasteiger charge is 2.38. The van der Waals surface area contributed by atoms with Crippen LogP contribution in [0.15, 0.2) is 6.07 Å². The van der Waals surface area contributed by atoms with Crippen LogP contribution in [-0.4, -0.2) is 53.4 Å². The van der Waals surface area contributed by atoms with Crippen molar-refractivity contribution in [1.29, 1.82) is 0 Å². The Hall–Kier alpha value is -1.62. The Kier molecular flexibility index (Phi) is 4.52. The standard InChI is InChI=1S/C16H26N2O3.2H2/c1-16(7-8-18(2)3)10-17-13-11(16)9-12(19-4)14(20-5)15(13)21-6;;/h9,17H,7-8,10H2,1-6H3;2*1H. The van der Waals surface area contributed by atoms with Crippen molar-refractivity contribution < 1.29 is 17.1 Å². The van der Waals surface area contributed by atoms with Crippen molar-refractivity contribution in [2.45, 2.75) is 18.8 Å². The predicted molar refractivity (Wildman–Crippen MR) is 89.3 cm³/mol. The number of anilines is 1. The molecule has 0 bridgehead atoms. The maximum atomic E-state index is 5.56. The molecule has 1 aliphatic heterocycles. The minimum Gasteiger partial charge on any atom is -0.493 e. The molecule has 5 nitrogen and oxygen atoms in total. The van der Waals surface area contributed by atoms with E-state index in [0.29, 0.717) is 11.5 Å². The quantitative estimate of drug-likeness (QED) is 0.875. The van der Waals surface area contributed by atoms with Gasteiger partial charge in [-0.3, -0.25) is 0 Å². The van der Waals surface area contributed by atoms with Crippen LogP contribution in [0.2, 0.25) is 0 Å². The minimum absolute atomic E-state index is 0. The van der Waals surface area contributed by atoms with Crippen LogP contribution in [0.25, 0.3) is 0 Å². The summed E-state index contributed by atoms with van der Waals surface area (Å²) in [6, 6.07) is 2.08. The highest BCUT2D eigenvalue weighted by atomic mass is 16.5. The Morgan fingerprint density at radius 3 is 2.38 bits per heavy atom. The van der Waals surface area contributed by atoms with Gasteiger partial charge in [0.25, 0.3) is 0 Å². The Balaban J connectivity index is 0.00000242. The third-order valence-electron chi connectivity index (χ3n) is 4.25. The molecule has 0 radical (unpaired) electrons. The van der Waals surface area contributed by atoms with Gasteiger partial charge < -0.3 is 24.4 Å². The molecule has 2 rings (SSSR count). The van der Waals surface area contributed by atoms with Crippen molar-refractivity contribution in [3.8, 4) is 17.2 Å². The average molecular weight is 298 g/mol. The summed E-state index contributed by atoms with van der Waals surface area (Å²) in [5.41, 5.74) is 2.32. The fourth-order valence-electron chi connectivity index (χ4n) is 2.88. The third-order valence-corrected chi connectivity index (χ3v) is 4.25. The number of hydrogen-bond acceptors (Lipinski definition) is 5. The first kappa shape index (κ1) is 15.8. The van der Waals surface area contributed by atoms with E-state index in [9.17, 15) is 0 Å². The van der Waals surface area contributed by atoms with Crippen LogP contribution >= 0.6 is 0 Å². The first-order chi connectivity index (χ1) is 9.96. The Labute approximate surface area is 130 Å². The second-order valence-electron chi connectivity index (χ2n) is 6.04. The summed E-state index contributed by atoms with van der Waals surface area (Å²) in [7, 11) is 9.15. The van der Waals surface area contributed by atoms with Gasteiger partial charge in [-0.15, -0.1) is 0 Å². The maximum Gasteiger partial charge on any atom is 0.205 e. The van der Waals surface area contributed by atoms with E-state index in [4.69, 9.17) is 14.2 Å². The van der Waals surface area contributed by atoms with E-state index in [0.717, 1.165) is 30.9 Å². The van der Waals surface area contributed by atoms with Crippen LogP contribution in [0, 0.1) is 0 Å². The number of hydrogen-bond donors (Lipinski definition) is 1. The molecule has 0 aliphatic carbocycles. The van der Waals surface area contributed by atoms with E-state index < -0.39 is 0 Å². The van der Waals surface area contributed by atoms with E-state index in [2.05, 4.69) is 37.3 Å². The second kappa shape index (κ2) is 6.02. The van der Waals surface area contributed by atoms with Crippen LogP contribution in [-0.2, 0) is 5.41 Å². The molecule has 1 N–H and O–H groups in total. The summed E-state index contributed by atoms with van der Waals surface area (Å²) in [5, 5.41) is 3.48. The molecule has 1 heterocycles. The fourth-order valence-corrected chi connectivity index (χ4v) is 2.88. The number of ether oxygens (including phenoxy) is 3. The first-order valence-corrected chi connectivity index (χ1v) is 7.19. The average Bonchev–Trinajstić information content (AvgIpc) is 2.80. The van der Waals surface area contributed by atoms with Gasteiger partial charge in [-0.05, 0) is 38.7 Å². The summed E-state index contributed by atoms with van der Waals surface area (Å²) in [4.78, 5) is 2.21. The maximum absolute atomic E-state index is 5.56. The third kappa shape index (κ3) is 2.75. The van der Waals surface area contributed by atoms with E-state index in [1.54, 1.807) is 21.3 Å². The molecule has 0 spiro atoms. The lowest BCUT2D eigenvalue weighted by Gasteiger charge is -2.26. The van der Waals surface area contributed by atoms with Crippen LogP contribution in [0.5, 0.6) is 17.2 Å².